The van der Waals surface area contributed by atoms with Crippen molar-refractivity contribution < 1.29 is 4.74 Å². The second-order valence-corrected chi connectivity index (χ2v) is 5.32. The minimum Gasteiger partial charge on any atom is -0.374 e. The smallest absolute Gasteiger partial charge is 0.169 e. The molecule has 0 spiro atoms. The van der Waals surface area contributed by atoms with Gasteiger partial charge in [-0.15, -0.1) is 5.10 Å². The van der Waals surface area contributed by atoms with E-state index in [0.717, 1.165) is 36.5 Å². The van der Waals surface area contributed by atoms with Gasteiger partial charge in [0.15, 0.2) is 5.82 Å². The zero-order valence-corrected chi connectivity index (χ0v) is 11.4. The molecule has 3 rings (SSSR count). The lowest BCUT2D eigenvalue weighted by Crippen LogP contribution is -2.49. The first kappa shape index (κ1) is 12.4. The lowest BCUT2D eigenvalue weighted by molar-refractivity contribution is 0.0252. The Kier molecular flexibility index (Phi) is 3.11. The third-order valence-corrected chi connectivity index (χ3v) is 4.30. The van der Waals surface area contributed by atoms with E-state index in [-0.39, 0.29) is 0 Å². The molecule has 5 heteroatoms. The van der Waals surface area contributed by atoms with Crippen molar-refractivity contribution in [1.29, 1.82) is 5.26 Å². The third kappa shape index (κ3) is 1.96. The summed E-state index contributed by atoms with van der Waals surface area (Å²) in [6.45, 7) is 5.34. The molecule has 2 unspecified atom stereocenters. The summed E-state index contributed by atoms with van der Waals surface area (Å²) in [5.41, 5.74) is 2.44. The molecule has 1 aromatic heterocycles. The van der Waals surface area contributed by atoms with Crippen LogP contribution in [0.25, 0.3) is 0 Å². The van der Waals surface area contributed by atoms with Crippen molar-refractivity contribution in [2.75, 3.05) is 18.1 Å². The Bertz CT molecular complexity index is 537. The van der Waals surface area contributed by atoms with Crippen LogP contribution in [-0.4, -0.2) is 35.5 Å². The fraction of sp³-hybridized carbons (Fsp3) is 0.643. The van der Waals surface area contributed by atoms with Gasteiger partial charge in [0, 0.05) is 6.54 Å². The summed E-state index contributed by atoms with van der Waals surface area (Å²) in [6.07, 6.45) is 3.71. The predicted molar refractivity (Wildman–Crippen MR) is 70.9 cm³/mol. The van der Waals surface area contributed by atoms with Crippen LogP contribution in [0.5, 0.6) is 0 Å². The van der Waals surface area contributed by atoms with Gasteiger partial charge in [0.25, 0.3) is 0 Å². The molecule has 2 atom stereocenters. The van der Waals surface area contributed by atoms with E-state index in [0.29, 0.717) is 24.3 Å². The summed E-state index contributed by atoms with van der Waals surface area (Å²) in [6, 6.07) is 2.66. The molecule has 1 aliphatic carbocycles. The second-order valence-electron chi connectivity index (χ2n) is 5.32. The Morgan fingerprint density at radius 1 is 1.32 bits per heavy atom. The number of anilines is 1. The molecule has 0 bridgehead atoms. The summed E-state index contributed by atoms with van der Waals surface area (Å²) >= 11 is 0. The molecule has 19 heavy (non-hydrogen) atoms. The van der Waals surface area contributed by atoms with E-state index in [4.69, 9.17) is 4.74 Å². The number of fused-ring (bicyclic) bond motifs is 1. The number of hydrogen-bond donors (Lipinski definition) is 0. The monoisotopic (exact) mass is 258 g/mol. The second kappa shape index (κ2) is 4.78. The van der Waals surface area contributed by atoms with Gasteiger partial charge in [-0.3, -0.25) is 0 Å². The van der Waals surface area contributed by atoms with Crippen molar-refractivity contribution in [2.24, 2.45) is 0 Å². The lowest BCUT2D eigenvalue weighted by atomic mass is 10.1. The number of rotatable bonds is 1. The standard InChI is InChI=1S/C14H18N4O/c1-9-10(2)16-17-14(11(9)8-15)18-6-7-19-13-5-3-4-12(13)18/h12-13H,3-7H2,1-2H3. The quantitative estimate of drug-likeness (QED) is 0.767. The van der Waals surface area contributed by atoms with Crippen molar-refractivity contribution in [3.8, 4) is 6.07 Å². The number of aryl methyl sites for hydroxylation is 1. The fourth-order valence-corrected chi connectivity index (χ4v) is 3.12. The van der Waals surface area contributed by atoms with Crippen molar-refractivity contribution in [1.82, 2.24) is 10.2 Å². The molecule has 0 aromatic carbocycles. The number of morpholine rings is 1. The Labute approximate surface area is 113 Å². The van der Waals surface area contributed by atoms with Gasteiger partial charge in [0.1, 0.15) is 11.6 Å². The van der Waals surface area contributed by atoms with Gasteiger partial charge in [-0.1, -0.05) is 0 Å². The summed E-state index contributed by atoms with van der Waals surface area (Å²) < 4.78 is 5.81. The molecule has 2 aliphatic rings. The van der Waals surface area contributed by atoms with E-state index in [1.54, 1.807) is 0 Å². The highest BCUT2D eigenvalue weighted by Gasteiger charge is 2.38. The molecular formula is C14H18N4O. The molecular weight excluding hydrogens is 240 g/mol. The average molecular weight is 258 g/mol. The zero-order valence-electron chi connectivity index (χ0n) is 11.4. The molecule has 1 saturated heterocycles. The van der Waals surface area contributed by atoms with Crippen LogP contribution in [0.15, 0.2) is 0 Å². The van der Waals surface area contributed by atoms with Gasteiger partial charge >= 0.3 is 0 Å². The normalized spacial score (nSPS) is 26.1. The fourth-order valence-electron chi connectivity index (χ4n) is 3.12. The van der Waals surface area contributed by atoms with Gasteiger partial charge in [0.2, 0.25) is 0 Å². The van der Waals surface area contributed by atoms with Crippen LogP contribution in [0.3, 0.4) is 0 Å². The van der Waals surface area contributed by atoms with Crippen LogP contribution in [0.1, 0.15) is 36.1 Å². The van der Waals surface area contributed by atoms with Gasteiger partial charge in [-0.25, -0.2) is 0 Å². The Balaban J connectivity index is 2.02. The summed E-state index contributed by atoms with van der Waals surface area (Å²) in [4.78, 5) is 2.24. The van der Waals surface area contributed by atoms with Crippen molar-refractivity contribution in [3.05, 3.63) is 16.8 Å². The maximum atomic E-state index is 9.42. The molecule has 0 amide bonds. The van der Waals surface area contributed by atoms with Gasteiger partial charge in [-0.05, 0) is 38.7 Å². The summed E-state index contributed by atoms with van der Waals surface area (Å²) in [7, 11) is 0. The zero-order chi connectivity index (χ0) is 13.4. The highest BCUT2D eigenvalue weighted by Crippen LogP contribution is 2.34. The topological polar surface area (TPSA) is 62.0 Å². The molecule has 0 N–H and O–H groups in total. The number of nitriles is 1. The van der Waals surface area contributed by atoms with Crippen molar-refractivity contribution in [2.45, 2.75) is 45.3 Å². The Hall–Kier alpha value is -1.67. The minimum atomic E-state index is 0.295. The van der Waals surface area contributed by atoms with E-state index in [1.807, 2.05) is 13.8 Å². The van der Waals surface area contributed by atoms with Gasteiger partial charge in [-0.2, -0.15) is 10.4 Å². The van der Waals surface area contributed by atoms with Crippen LogP contribution in [0.2, 0.25) is 0 Å². The first-order valence-electron chi connectivity index (χ1n) is 6.84. The van der Waals surface area contributed by atoms with Crippen LogP contribution >= 0.6 is 0 Å². The maximum Gasteiger partial charge on any atom is 0.169 e. The molecule has 1 aromatic rings. The Morgan fingerprint density at radius 2 is 2.16 bits per heavy atom. The predicted octanol–water partition coefficient (Wildman–Crippen LogP) is 1.72. The highest BCUT2D eigenvalue weighted by molar-refractivity contribution is 5.58. The molecule has 100 valence electrons. The molecule has 2 fully saturated rings. The number of nitrogens with zero attached hydrogens (tertiary/aromatic N) is 4. The minimum absolute atomic E-state index is 0.295. The van der Waals surface area contributed by atoms with Crippen molar-refractivity contribution in [3.63, 3.8) is 0 Å². The molecule has 2 heterocycles. The van der Waals surface area contributed by atoms with Crippen LogP contribution in [0.4, 0.5) is 5.82 Å². The van der Waals surface area contributed by atoms with Gasteiger partial charge in [0.05, 0.1) is 24.4 Å². The third-order valence-electron chi connectivity index (χ3n) is 4.30. The van der Waals surface area contributed by atoms with Crippen LogP contribution in [0, 0.1) is 25.2 Å². The SMILES string of the molecule is Cc1nnc(N2CCOC3CCCC32)c(C#N)c1C. The molecule has 1 saturated carbocycles. The summed E-state index contributed by atoms with van der Waals surface area (Å²) in [5, 5.41) is 17.9. The number of hydrogen-bond acceptors (Lipinski definition) is 5. The highest BCUT2D eigenvalue weighted by atomic mass is 16.5. The number of aromatic nitrogens is 2. The van der Waals surface area contributed by atoms with Crippen LogP contribution < -0.4 is 4.90 Å². The first-order chi connectivity index (χ1) is 9.22. The van der Waals surface area contributed by atoms with E-state index >= 15 is 0 Å². The van der Waals surface area contributed by atoms with E-state index in [1.165, 1.54) is 6.42 Å². The van der Waals surface area contributed by atoms with Crippen molar-refractivity contribution >= 4 is 5.82 Å². The van der Waals surface area contributed by atoms with E-state index < -0.39 is 0 Å². The first-order valence-corrected chi connectivity index (χ1v) is 6.84. The van der Waals surface area contributed by atoms with Gasteiger partial charge < -0.3 is 9.64 Å². The maximum absolute atomic E-state index is 9.42. The van der Waals surface area contributed by atoms with Crippen LogP contribution in [-0.2, 0) is 4.74 Å². The average Bonchev–Trinajstić information content (AvgIpc) is 2.90. The van der Waals surface area contributed by atoms with E-state index in [2.05, 4.69) is 21.2 Å². The number of ether oxygens (including phenoxy) is 1. The summed E-state index contributed by atoms with van der Waals surface area (Å²) in [5.74, 6) is 0.741. The molecule has 5 nitrogen and oxygen atoms in total. The van der Waals surface area contributed by atoms with E-state index in [9.17, 15) is 5.26 Å². The Morgan fingerprint density at radius 3 is 2.95 bits per heavy atom. The molecule has 1 aliphatic heterocycles. The lowest BCUT2D eigenvalue weighted by Gasteiger charge is -2.38. The molecule has 0 radical (unpaired) electrons. The largest absolute Gasteiger partial charge is 0.374 e.